The maximum atomic E-state index is 13.6. The second-order valence-electron chi connectivity index (χ2n) is 6.54. The van der Waals surface area contributed by atoms with Crippen LogP contribution in [0.3, 0.4) is 0 Å². The fourth-order valence-corrected chi connectivity index (χ4v) is 2.37. The predicted octanol–water partition coefficient (Wildman–Crippen LogP) is 2.47. The van der Waals surface area contributed by atoms with E-state index < -0.39 is 0 Å². The SMILES string of the molecule is CCNC(=NCc1ccccc1F)NCC(C)(C)CN(C)C. The van der Waals surface area contributed by atoms with Crippen molar-refractivity contribution in [1.29, 1.82) is 0 Å². The Morgan fingerprint density at radius 1 is 1.23 bits per heavy atom. The molecular formula is C17H29FN4. The Morgan fingerprint density at radius 2 is 1.91 bits per heavy atom. The van der Waals surface area contributed by atoms with Crippen LogP contribution in [0.5, 0.6) is 0 Å². The summed E-state index contributed by atoms with van der Waals surface area (Å²) in [5, 5.41) is 6.55. The van der Waals surface area contributed by atoms with Gasteiger partial charge < -0.3 is 15.5 Å². The van der Waals surface area contributed by atoms with Gasteiger partial charge >= 0.3 is 0 Å². The Morgan fingerprint density at radius 3 is 2.50 bits per heavy atom. The summed E-state index contributed by atoms with van der Waals surface area (Å²) in [5.74, 6) is 0.507. The molecule has 0 heterocycles. The summed E-state index contributed by atoms with van der Waals surface area (Å²) in [7, 11) is 4.14. The van der Waals surface area contributed by atoms with Gasteiger partial charge in [0, 0.05) is 25.2 Å². The molecule has 1 aromatic rings. The first kappa shape index (κ1) is 18.4. The van der Waals surface area contributed by atoms with Crippen LogP contribution in [0.2, 0.25) is 0 Å². The lowest BCUT2D eigenvalue weighted by Crippen LogP contribution is -2.44. The molecule has 0 saturated carbocycles. The largest absolute Gasteiger partial charge is 0.357 e. The highest BCUT2D eigenvalue weighted by Gasteiger charge is 2.19. The van der Waals surface area contributed by atoms with Crippen LogP contribution in [0.25, 0.3) is 0 Å². The highest BCUT2D eigenvalue weighted by molar-refractivity contribution is 5.79. The van der Waals surface area contributed by atoms with Crippen LogP contribution in [0.4, 0.5) is 4.39 Å². The van der Waals surface area contributed by atoms with Crippen molar-refractivity contribution in [3.63, 3.8) is 0 Å². The van der Waals surface area contributed by atoms with E-state index >= 15 is 0 Å². The molecule has 2 N–H and O–H groups in total. The quantitative estimate of drug-likeness (QED) is 0.600. The lowest BCUT2D eigenvalue weighted by molar-refractivity contribution is 0.241. The van der Waals surface area contributed by atoms with Gasteiger partial charge in [-0.15, -0.1) is 0 Å². The molecule has 0 aliphatic heterocycles. The third-order valence-electron chi connectivity index (χ3n) is 3.19. The minimum atomic E-state index is -0.213. The molecule has 5 heteroatoms. The highest BCUT2D eigenvalue weighted by Crippen LogP contribution is 2.14. The van der Waals surface area contributed by atoms with Crippen LogP contribution >= 0.6 is 0 Å². The lowest BCUT2D eigenvalue weighted by Gasteiger charge is -2.29. The third-order valence-corrected chi connectivity index (χ3v) is 3.19. The van der Waals surface area contributed by atoms with Gasteiger partial charge in [-0.2, -0.15) is 0 Å². The van der Waals surface area contributed by atoms with Gasteiger partial charge in [0.25, 0.3) is 0 Å². The van der Waals surface area contributed by atoms with Gasteiger partial charge in [0.15, 0.2) is 5.96 Å². The molecule has 0 bridgehead atoms. The topological polar surface area (TPSA) is 39.7 Å². The second-order valence-corrected chi connectivity index (χ2v) is 6.54. The number of nitrogens with one attached hydrogen (secondary N) is 2. The van der Waals surface area contributed by atoms with E-state index in [0.29, 0.717) is 12.1 Å². The first-order valence-corrected chi connectivity index (χ1v) is 7.74. The molecule has 0 atom stereocenters. The van der Waals surface area contributed by atoms with Crippen LogP contribution in [0, 0.1) is 11.2 Å². The molecule has 0 saturated heterocycles. The van der Waals surface area contributed by atoms with Crippen LogP contribution in [0.15, 0.2) is 29.3 Å². The zero-order chi connectivity index (χ0) is 16.6. The second kappa shape index (κ2) is 8.73. The minimum absolute atomic E-state index is 0.123. The average Bonchev–Trinajstić information content (AvgIpc) is 2.42. The molecule has 4 nitrogen and oxygen atoms in total. The number of halogens is 1. The zero-order valence-corrected chi connectivity index (χ0v) is 14.4. The van der Waals surface area contributed by atoms with Crippen molar-refractivity contribution in [2.24, 2.45) is 10.4 Å². The molecule has 0 aliphatic rings. The van der Waals surface area contributed by atoms with E-state index in [1.807, 2.05) is 13.0 Å². The predicted molar refractivity (Wildman–Crippen MR) is 91.6 cm³/mol. The van der Waals surface area contributed by atoms with Crippen molar-refractivity contribution in [2.75, 3.05) is 33.7 Å². The Balaban J connectivity index is 2.65. The number of guanidine groups is 1. The molecule has 1 rings (SSSR count). The van der Waals surface area contributed by atoms with Crippen molar-refractivity contribution in [2.45, 2.75) is 27.3 Å². The first-order chi connectivity index (χ1) is 10.3. The molecule has 0 amide bonds. The van der Waals surface area contributed by atoms with Crippen molar-refractivity contribution in [3.05, 3.63) is 35.6 Å². The molecular weight excluding hydrogens is 279 g/mol. The number of benzene rings is 1. The smallest absolute Gasteiger partial charge is 0.191 e. The van der Waals surface area contributed by atoms with Crippen LogP contribution < -0.4 is 10.6 Å². The van der Waals surface area contributed by atoms with Crippen molar-refractivity contribution >= 4 is 5.96 Å². The number of rotatable bonds is 7. The van der Waals surface area contributed by atoms with Crippen LogP contribution in [-0.4, -0.2) is 44.6 Å². The van der Waals surface area contributed by atoms with Gasteiger partial charge in [0.2, 0.25) is 0 Å². The molecule has 0 aliphatic carbocycles. The summed E-state index contributed by atoms with van der Waals surface area (Å²) >= 11 is 0. The Bertz CT molecular complexity index is 483. The fraction of sp³-hybridized carbons (Fsp3) is 0.588. The van der Waals surface area contributed by atoms with E-state index in [1.54, 1.807) is 12.1 Å². The summed E-state index contributed by atoms with van der Waals surface area (Å²) in [6.45, 7) is 9.32. The van der Waals surface area contributed by atoms with E-state index in [9.17, 15) is 4.39 Å². The number of hydrogen-bond acceptors (Lipinski definition) is 2. The molecule has 0 aromatic heterocycles. The van der Waals surface area contributed by atoms with Gasteiger partial charge in [0.1, 0.15) is 5.82 Å². The van der Waals surface area contributed by atoms with Gasteiger partial charge in [-0.1, -0.05) is 32.0 Å². The van der Waals surface area contributed by atoms with Crippen LogP contribution in [-0.2, 0) is 6.54 Å². The minimum Gasteiger partial charge on any atom is -0.357 e. The summed E-state index contributed by atoms with van der Waals surface area (Å²) in [5.41, 5.74) is 0.727. The van der Waals surface area contributed by atoms with Crippen molar-refractivity contribution in [3.8, 4) is 0 Å². The van der Waals surface area contributed by atoms with Crippen LogP contribution in [0.1, 0.15) is 26.3 Å². The third kappa shape index (κ3) is 6.89. The van der Waals surface area contributed by atoms with Gasteiger partial charge in [-0.25, -0.2) is 9.38 Å². The average molecular weight is 308 g/mol. The van der Waals surface area contributed by atoms with Gasteiger partial charge in [-0.05, 0) is 32.5 Å². The van der Waals surface area contributed by atoms with E-state index in [0.717, 1.165) is 25.6 Å². The summed E-state index contributed by atoms with van der Waals surface area (Å²) in [6, 6.07) is 6.74. The maximum absolute atomic E-state index is 13.6. The highest BCUT2D eigenvalue weighted by atomic mass is 19.1. The van der Waals surface area contributed by atoms with E-state index in [2.05, 4.69) is 48.5 Å². The fourth-order valence-electron chi connectivity index (χ4n) is 2.37. The number of nitrogens with zero attached hydrogens (tertiary/aromatic N) is 2. The van der Waals surface area contributed by atoms with Crippen molar-refractivity contribution < 1.29 is 4.39 Å². The molecule has 0 fully saturated rings. The van der Waals surface area contributed by atoms with E-state index in [1.165, 1.54) is 6.07 Å². The summed E-state index contributed by atoms with van der Waals surface area (Å²) in [4.78, 5) is 6.64. The molecule has 124 valence electrons. The first-order valence-electron chi connectivity index (χ1n) is 7.74. The molecule has 1 aromatic carbocycles. The van der Waals surface area contributed by atoms with Gasteiger partial charge in [0.05, 0.1) is 6.54 Å². The number of aliphatic imine (C=N–C) groups is 1. The summed E-state index contributed by atoms with van der Waals surface area (Å²) in [6.07, 6.45) is 0. The van der Waals surface area contributed by atoms with E-state index in [-0.39, 0.29) is 11.2 Å². The Hall–Kier alpha value is -1.62. The van der Waals surface area contributed by atoms with E-state index in [4.69, 9.17) is 0 Å². The Labute approximate surface area is 133 Å². The lowest BCUT2D eigenvalue weighted by atomic mass is 9.93. The molecule has 0 radical (unpaired) electrons. The standard InChI is InChI=1S/C17H29FN4/c1-6-19-16(21-12-17(2,3)13-22(4)5)20-11-14-9-7-8-10-15(14)18/h7-10H,6,11-13H2,1-5H3,(H2,19,20,21). The monoisotopic (exact) mass is 308 g/mol. The Kier molecular flexibility index (Phi) is 7.32. The molecule has 22 heavy (non-hydrogen) atoms. The zero-order valence-electron chi connectivity index (χ0n) is 14.4. The molecule has 0 unspecified atom stereocenters. The number of hydrogen-bond donors (Lipinski definition) is 2. The normalized spacial score (nSPS) is 12.6. The molecule has 0 spiro atoms. The van der Waals surface area contributed by atoms with Crippen molar-refractivity contribution in [1.82, 2.24) is 15.5 Å². The maximum Gasteiger partial charge on any atom is 0.191 e. The van der Waals surface area contributed by atoms with Gasteiger partial charge in [-0.3, -0.25) is 0 Å². The summed E-state index contributed by atoms with van der Waals surface area (Å²) < 4.78 is 13.6.